The number of hydrogen-bond acceptors (Lipinski definition) is 7. The third-order valence-corrected chi connectivity index (χ3v) is 5.82. The summed E-state index contributed by atoms with van der Waals surface area (Å²) in [7, 11) is 4.03. The second-order valence-corrected chi connectivity index (χ2v) is 8.63. The molecule has 11 nitrogen and oxygen atoms in total. The zero-order chi connectivity index (χ0) is 22.8. The molecule has 2 amide bonds. The van der Waals surface area contributed by atoms with E-state index in [4.69, 9.17) is 5.73 Å². The molecule has 2 atom stereocenters. The van der Waals surface area contributed by atoms with Crippen molar-refractivity contribution >= 4 is 34.2 Å². The average Bonchev–Trinajstić information content (AvgIpc) is 3.44. The molecule has 0 aliphatic carbocycles. The van der Waals surface area contributed by atoms with E-state index in [1.165, 1.54) is 12.4 Å². The van der Waals surface area contributed by atoms with Crippen molar-refractivity contribution in [3.63, 3.8) is 0 Å². The SMILES string of the molecule is CC1CCC(c2ccn(CCN(C)C)n2)N(C(=O)C(=O)Nc2cnc(N)c3cn[nH]c23)C1. The highest BCUT2D eigenvalue weighted by Crippen LogP contribution is 2.33. The molecule has 170 valence electrons. The molecule has 1 saturated heterocycles. The minimum atomic E-state index is -0.724. The van der Waals surface area contributed by atoms with Crippen molar-refractivity contribution in [3.05, 3.63) is 30.4 Å². The molecule has 3 aromatic rings. The lowest BCUT2D eigenvalue weighted by Gasteiger charge is -2.37. The van der Waals surface area contributed by atoms with Crippen LogP contribution in [0.3, 0.4) is 0 Å². The summed E-state index contributed by atoms with van der Waals surface area (Å²) < 4.78 is 1.88. The molecule has 0 radical (unpaired) electrons. The fourth-order valence-corrected chi connectivity index (χ4v) is 4.02. The van der Waals surface area contributed by atoms with Gasteiger partial charge in [-0.05, 0) is 38.9 Å². The van der Waals surface area contributed by atoms with Gasteiger partial charge in [0.1, 0.15) is 5.82 Å². The minimum Gasteiger partial charge on any atom is -0.383 e. The Balaban J connectivity index is 1.52. The number of carbonyl (C=O) groups is 2. The highest BCUT2D eigenvalue weighted by molar-refractivity contribution is 6.40. The maximum atomic E-state index is 13.2. The summed E-state index contributed by atoms with van der Waals surface area (Å²) in [6, 6.07) is 1.70. The molecule has 0 saturated carbocycles. The Bertz CT molecular complexity index is 1120. The molecule has 4 heterocycles. The molecule has 2 unspecified atom stereocenters. The highest BCUT2D eigenvalue weighted by atomic mass is 16.2. The molecular formula is C21H29N9O2. The number of likely N-dealkylation sites (tertiary alicyclic amines) is 1. The van der Waals surface area contributed by atoms with Crippen LogP contribution in [0.4, 0.5) is 11.5 Å². The van der Waals surface area contributed by atoms with Crippen LogP contribution < -0.4 is 11.1 Å². The lowest BCUT2D eigenvalue weighted by Crippen LogP contribution is -2.46. The molecular weight excluding hydrogens is 410 g/mol. The minimum absolute atomic E-state index is 0.234. The second kappa shape index (κ2) is 8.95. The lowest BCUT2D eigenvalue weighted by atomic mass is 9.92. The van der Waals surface area contributed by atoms with Crippen LogP contribution in [0.2, 0.25) is 0 Å². The first-order valence-corrected chi connectivity index (χ1v) is 10.7. The van der Waals surface area contributed by atoms with Crippen LogP contribution in [0.1, 0.15) is 31.5 Å². The molecule has 1 aliphatic heterocycles. The first-order chi connectivity index (χ1) is 15.3. The Morgan fingerprint density at radius 3 is 2.91 bits per heavy atom. The monoisotopic (exact) mass is 439 g/mol. The topological polar surface area (TPSA) is 138 Å². The standard InChI is InChI=1S/C21H29N9O2/c1-13-4-5-17(15-6-7-29(27-15)9-8-28(2)3)30(12-13)21(32)20(31)25-16-11-23-19(22)14-10-24-26-18(14)16/h6-7,10-11,13,17H,4-5,8-9,12H2,1-3H3,(H2,22,23)(H,24,26)(H,25,31). The van der Waals surface area contributed by atoms with Crippen LogP contribution in [0.15, 0.2) is 24.7 Å². The van der Waals surface area contributed by atoms with E-state index in [-0.39, 0.29) is 6.04 Å². The molecule has 32 heavy (non-hydrogen) atoms. The first kappa shape index (κ1) is 21.8. The second-order valence-electron chi connectivity index (χ2n) is 8.63. The number of nitrogens with two attached hydrogens (primary N) is 1. The zero-order valence-electron chi connectivity index (χ0n) is 18.6. The van der Waals surface area contributed by atoms with E-state index in [0.29, 0.717) is 34.9 Å². The summed E-state index contributed by atoms with van der Waals surface area (Å²) in [6.07, 6.45) is 6.61. The molecule has 4 rings (SSSR count). The van der Waals surface area contributed by atoms with E-state index in [2.05, 4.69) is 37.4 Å². The van der Waals surface area contributed by atoms with Gasteiger partial charge in [0.25, 0.3) is 0 Å². The van der Waals surface area contributed by atoms with Crippen LogP contribution in [0.5, 0.6) is 0 Å². The van der Waals surface area contributed by atoms with Crippen LogP contribution in [0, 0.1) is 5.92 Å². The number of nitrogens with zero attached hydrogens (tertiary/aromatic N) is 6. The number of amides is 2. The van der Waals surface area contributed by atoms with Crippen molar-refractivity contribution in [2.75, 3.05) is 38.2 Å². The van der Waals surface area contributed by atoms with E-state index in [9.17, 15) is 9.59 Å². The Hall–Kier alpha value is -3.47. The van der Waals surface area contributed by atoms with Crippen molar-refractivity contribution in [2.45, 2.75) is 32.4 Å². The first-order valence-electron chi connectivity index (χ1n) is 10.7. The van der Waals surface area contributed by atoms with Crippen molar-refractivity contribution in [1.29, 1.82) is 0 Å². The summed E-state index contributed by atoms with van der Waals surface area (Å²) in [4.78, 5) is 33.9. The number of H-pyrrole nitrogens is 1. The Labute approximate surface area is 186 Å². The molecule has 11 heteroatoms. The van der Waals surface area contributed by atoms with Crippen molar-refractivity contribution < 1.29 is 9.59 Å². The molecule has 4 N–H and O–H groups in total. The number of hydrogen-bond donors (Lipinski definition) is 3. The normalized spacial score (nSPS) is 18.9. The summed E-state index contributed by atoms with van der Waals surface area (Å²) in [6.45, 7) is 4.21. The third-order valence-electron chi connectivity index (χ3n) is 5.82. The van der Waals surface area contributed by atoms with Crippen LogP contribution >= 0.6 is 0 Å². The molecule has 0 bridgehead atoms. The third kappa shape index (κ3) is 4.42. The van der Waals surface area contributed by atoms with Gasteiger partial charge in [-0.15, -0.1) is 0 Å². The van der Waals surface area contributed by atoms with E-state index < -0.39 is 11.8 Å². The van der Waals surface area contributed by atoms with Gasteiger partial charge in [0.2, 0.25) is 0 Å². The Kier molecular flexibility index (Phi) is 6.08. The van der Waals surface area contributed by atoms with Gasteiger partial charge in [-0.1, -0.05) is 6.92 Å². The quantitative estimate of drug-likeness (QED) is 0.508. The molecule has 0 spiro atoms. The zero-order valence-corrected chi connectivity index (χ0v) is 18.6. The maximum Gasteiger partial charge on any atom is 0.314 e. The predicted octanol–water partition coefficient (Wildman–Crippen LogP) is 1.24. The summed E-state index contributed by atoms with van der Waals surface area (Å²) in [5.74, 6) is -0.711. The smallest absolute Gasteiger partial charge is 0.314 e. The molecule has 3 aromatic heterocycles. The van der Waals surface area contributed by atoms with E-state index >= 15 is 0 Å². The number of rotatable bonds is 5. The Morgan fingerprint density at radius 2 is 2.12 bits per heavy atom. The summed E-state index contributed by atoms with van der Waals surface area (Å²) in [5.41, 5.74) is 7.54. The fourth-order valence-electron chi connectivity index (χ4n) is 4.02. The Morgan fingerprint density at radius 1 is 1.31 bits per heavy atom. The summed E-state index contributed by atoms with van der Waals surface area (Å²) >= 11 is 0. The van der Waals surface area contributed by atoms with Gasteiger partial charge in [-0.3, -0.25) is 19.4 Å². The number of fused-ring (bicyclic) bond motifs is 1. The number of aromatic nitrogens is 5. The van der Waals surface area contributed by atoms with Crippen molar-refractivity contribution in [2.24, 2.45) is 5.92 Å². The number of pyridine rings is 1. The number of likely N-dealkylation sites (N-methyl/N-ethyl adjacent to an activating group) is 1. The van der Waals surface area contributed by atoms with Crippen molar-refractivity contribution in [3.8, 4) is 0 Å². The number of piperidine rings is 1. The number of carbonyl (C=O) groups excluding carboxylic acids is 2. The largest absolute Gasteiger partial charge is 0.383 e. The van der Waals surface area contributed by atoms with Gasteiger partial charge in [0.05, 0.1) is 47.3 Å². The number of anilines is 2. The van der Waals surface area contributed by atoms with Gasteiger partial charge in [0.15, 0.2) is 0 Å². The number of nitrogen functional groups attached to an aromatic ring is 1. The van der Waals surface area contributed by atoms with Gasteiger partial charge < -0.3 is 20.9 Å². The highest BCUT2D eigenvalue weighted by Gasteiger charge is 2.35. The van der Waals surface area contributed by atoms with Gasteiger partial charge >= 0.3 is 11.8 Å². The van der Waals surface area contributed by atoms with Gasteiger partial charge in [-0.25, -0.2) is 4.98 Å². The average molecular weight is 440 g/mol. The van der Waals surface area contributed by atoms with E-state index in [1.54, 1.807) is 4.90 Å². The van der Waals surface area contributed by atoms with Crippen LogP contribution in [0.25, 0.3) is 10.9 Å². The van der Waals surface area contributed by atoms with Gasteiger partial charge in [0, 0.05) is 19.3 Å². The van der Waals surface area contributed by atoms with E-state index in [1.807, 2.05) is 31.0 Å². The maximum absolute atomic E-state index is 13.2. The van der Waals surface area contributed by atoms with Crippen LogP contribution in [-0.4, -0.2) is 73.8 Å². The number of nitrogens with one attached hydrogen (secondary N) is 2. The fraction of sp³-hybridized carbons (Fsp3) is 0.476. The van der Waals surface area contributed by atoms with Crippen LogP contribution in [-0.2, 0) is 16.1 Å². The number of aromatic amines is 1. The van der Waals surface area contributed by atoms with Gasteiger partial charge in [-0.2, -0.15) is 10.2 Å². The predicted molar refractivity (Wildman–Crippen MR) is 121 cm³/mol. The molecule has 1 aliphatic rings. The summed E-state index contributed by atoms with van der Waals surface area (Å²) in [5, 5.41) is 14.7. The lowest BCUT2D eigenvalue weighted by molar-refractivity contribution is -0.146. The molecule has 1 fully saturated rings. The van der Waals surface area contributed by atoms with Crippen molar-refractivity contribution in [1.82, 2.24) is 34.8 Å². The van der Waals surface area contributed by atoms with E-state index in [0.717, 1.165) is 31.6 Å². The molecule has 0 aromatic carbocycles.